The van der Waals surface area contributed by atoms with Gasteiger partial charge in [0.25, 0.3) is 0 Å². The smallest absolute Gasteiger partial charge is 0.309 e. The first-order valence-corrected chi connectivity index (χ1v) is 11.2. The Morgan fingerprint density at radius 2 is 1.69 bits per heavy atom. The minimum atomic E-state index is -0.758. The van der Waals surface area contributed by atoms with Crippen molar-refractivity contribution in [3.05, 3.63) is 0 Å². The molecule has 0 aliphatic rings. The monoisotopic (exact) mass is 389 g/mol. The second-order valence-corrected chi connectivity index (χ2v) is 10.2. The van der Waals surface area contributed by atoms with Gasteiger partial charge >= 0.3 is 11.9 Å². The lowest BCUT2D eigenvalue weighted by Gasteiger charge is -2.47. The molecule has 0 rings (SSSR count). The number of carbonyl (C=O) groups excluding carboxylic acids is 1. The standard InChI is InChI=1S/C20H40NO4P/c1-14(2)15(17(22)23)12-19(3,4)20(5,6)16(13-26-9)18(24)25-11-10-21(7)8/h14-16,26H,10-13H2,1-9H3,(H,22,23). The predicted octanol–water partition coefficient (Wildman–Crippen LogP) is 3.82. The summed E-state index contributed by atoms with van der Waals surface area (Å²) in [5.74, 6) is -1.51. The van der Waals surface area contributed by atoms with Gasteiger partial charge in [0.2, 0.25) is 0 Å². The second kappa shape index (κ2) is 10.6. The van der Waals surface area contributed by atoms with Gasteiger partial charge in [0.1, 0.15) is 6.61 Å². The van der Waals surface area contributed by atoms with Gasteiger partial charge in [0.05, 0.1) is 11.8 Å². The fourth-order valence-corrected chi connectivity index (χ4v) is 4.24. The van der Waals surface area contributed by atoms with E-state index in [1.807, 2.05) is 32.8 Å². The van der Waals surface area contributed by atoms with Gasteiger partial charge in [-0.25, -0.2) is 0 Å². The van der Waals surface area contributed by atoms with Crippen LogP contribution in [0.15, 0.2) is 0 Å². The van der Waals surface area contributed by atoms with Crippen LogP contribution >= 0.6 is 8.58 Å². The first-order chi connectivity index (χ1) is 11.8. The van der Waals surface area contributed by atoms with Crippen LogP contribution in [0.5, 0.6) is 0 Å². The van der Waals surface area contributed by atoms with Gasteiger partial charge in [-0.3, -0.25) is 9.59 Å². The molecule has 0 aliphatic heterocycles. The maximum Gasteiger partial charge on any atom is 0.309 e. The van der Waals surface area contributed by atoms with E-state index in [1.54, 1.807) is 0 Å². The number of carboxylic acid groups (broad SMARTS) is 1. The number of hydrogen-bond acceptors (Lipinski definition) is 4. The van der Waals surface area contributed by atoms with Crippen molar-refractivity contribution in [2.24, 2.45) is 28.6 Å². The summed E-state index contributed by atoms with van der Waals surface area (Å²) in [6.07, 6.45) is 1.32. The van der Waals surface area contributed by atoms with E-state index in [9.17, 15) is 14.7 Å². The summed E-state index contributed by atoms with van der Waals surface area (Å²) in [6.45, 7) is 15.4. The molecule has 1 N–H and O–H groups in total. The molecule has 0 aromatic carbocycles. The third-order valence-corrected chi connectivity index (χ3v) is 6.76. The summed E-state index contributed by atoms with van der Waals surface area (Å²) < 4.78 is 5.56. The molecule has 0 saturated carbocycles. The molecule has 0 radical (unpaired) electrons. The minimum Gasteiger partial charge on any atom is -0.481 e. The van der Waals surface area contributed by atoms with Crippen LogP contribution in [-0.2, 0) is 14.3 Å². The van der Waals surface area contributed by atoms with E-state index in [4.69, 9.17) is 4.74 Å². The molecule has 3 atom stereocenters. The van der Waals surface area contributed by atoms with Crippen molar-refractivity contribution in [3.8, 4) is 0 Å². The Balaban J connectivity index is 5.42. The Morgan fingerprint density at radius 1 is 1.15 bits per heavy atom. The summed E-state index contributed by atoms with van der Waals surface area (Å²) >= 11 is 0. The molecule has 0 fully saturated rings. The van der Waals surface area contributed by atoms with E-state index >= 15 is 0 Å². The second-order valence-electron chi connectivity index (χ2n) is 9.08. The van der Waals surface area contributed by atoms with Crippen LogP contribution in [0.2, 0.25) is 0 Å². The lowest BCUT2D eigenvalue weighted by molar-refractivity contribution is -0.156. The molecular formula is C20H40NO4P. The highest BCUT2D eigenvalue weighted by Gasteiger charge is 2.48. The fraction of sp³-hybridized carbons (Fsp3) is 0.900. The van der Waals surface area contributed by atoms with E-state index in [0.717, 1.165) is 6.16 Å². The maximum atomic E-state index is 12.8. The number of rotatable bonds is 12. The summed E-state index contributed by atoms with van der Waals surface area (Å²) in [6, 6.07) is 0. The number of carbonyl (C=O) groups is 2. The fourth-order valence-electron chi connectivity index (χ4n) is 3.16. The number of likely N-dealkylation sites (N-methyl/N-ethyl adjacent to an activating group) is 1. The van der Waals surface area contributed by atoms with Crippen LogP contribution in [0.1, 0.15) is 48.0 Å². The molecule has 0 aliphatic carbocycles. The van der Waals surface area contributed by atoms with Crippen molar-refractivity contribution in [2.75, 3.05) is 40.1 Å². The van der Waals surface area contributed by atoms with Crippen LogP contribution < -0.4 is 0 Å². The van der Waals surface area contributed by atoms with Crippen molar-refractivity contribution in [2.45, 2.75) is 48.0 Å². The summed E-state index contributed by atoms with van der Waals surface area (Å²) in [7, 11) is 4.54. The van der Waals surface area contributed by atoms with Crippen molar-refractivity contribution in [1.29, 1.82) is 0 Å². The Bertz CT molecular complexity index is 461. The zero-order valence-electron chi connectivity index (χ0n) is 18.2. The average Bonchev–Trinajstić information content (AvgIpc) is 2.48. The predicted molar refractivity (Wildman–Crippen MR) is 110 cm³/mol. The third-order valence-electron chi connectivity index (χ3n) is 5.94. The molecule has 0 spiro atoms. The summed E-state index contributed by atoms with van der Waals surface area (Å²) in [5.41, 5.74) is -0.682. The first kappa shape index (κ1) is 25.3. The Morgan fingerprint density at radius 3 is 2.08 bits per heavy atom. The SMILES string of the molecule is CPCC(C(=O)OCCN(C)C)C(C)(C)C(C)(C)CC(C(=O)O)C(C)C. The van der Waals surface area contributed by atoms with E-state index in [-0.39, 0.29) is 28.6 Å². The highest BCUT2D eigenvalue weighted by Crippen LogP contribution is 2.50. The normalized spacial score (nSPS) is 15.7. The quantitative estimate of drug-likeness (QED) is 0.406. The zero-order valence-corrected chi connectivity index (χ0v) is 19.2. The zero-order chi connectivity index (χ0) is 20.7. The van der Waals surface area contributed by atoms with Crippen LogP contribution in [0.4, 0.5) is 0 Å². The molecule has 0 saturated heterocycles. The van der Waals surface area contributed by atoms with E-state index in [0.29, 0.717) is 28.2 Å². The van der Waals surface area contributed by atoms with Crippen LogP contribution in [-0.4, -0.2) is 62.0 Å². The van der Waals surface area contributed by atoms with Crippen molar-refractivity contribution < 1.29 is 19.4 Å². The number of esters is 1. The average molecular weight is 390 g/mol. The van der Waals surface area contributed by atoms with Crippen molar-refractivity contribution in [3.63, 3.8) is 0 Å². The number of aliphatic carboxylic acids is 1. The van der Waals surface area contributed by atoms with Crippen LogP contribution in [0.3, 0.4) is 0 Å². The maximum absolute atomic E-state index is 12.8. The van der Waals surface area contributed by atoms with Gasteiger partial charge in [0.15, 0.2) is 0 Å². The summed E-state index contributed by atoms with van der Waals surface area (Å²) in [5, 5.41) is 9.60. The lowest BCUT2D eigenvalue weighted by atomic mass is 9.58. The van der Waals surface area contributed by atoms with Gasteiger partial charge in [-0.05, 0) is 50.1 Å². The van der Waals surface area contributed by atoms with Gasteiger partial charge in [-0.15, -0.1) is 8.58 Å². The third kappa shape index (κ3) is 7.15. The minimum absolute atomic E-state index is 0.0566. The molecule has 26 heavy (non-hydrogen) atoms. The molecule has 154 valence electrons. The van der Waals surface area contributed by atoms with Crippen molar-refractivity contribution in [1.82, 2.24) is 4.90 Å². The number of carboxylic acids is 1. The van der Waals surface area contributed by atoms with E-state index < -0.39 is 11.9 Å². The van der Waals surface area contributed by atoms with Gasteiger partial charge < -0.3 is 14.7 Å². The van der Waals surface area contributed by atoms with Crippen molar-refractivity contribution >= 4 is 20.5 Å². The molecule has 0 amide bonds. The number of hydrogen-bond donors (Lipinski definition) is 1. The Labute approximate surface area is 162 Å². The largest absolute Gasteiger partial charge is 0.481 e. The highest BCUT2D eigenvalue weighted by molar-refractivity contribution is 7.37. The molecule has 0 aromatic heterocycles. The first-order valence-electron chi connectivity index (χ1n) is 9.46. The van der Waals surface area contributed by atoms with Crippen LogP contribution in [0.25, 0.3) is 0 Å². The molecule has 3 unspecified atom stereocenters. The highest BCUT2D eigenvalue weighted by atomic mass is 31.1. The van der Waals surface area contributed by atoms with E-state index in [2.05, 4.69) is 34.4 Å². The molecular weight excluding hydrogens is 349 g/mol. The molecule has 5 nitrogen and oxygen atoms in total. The molecule has 6 heteroatoms. The van der Waals surface area contributed by atoms with Crippen LogP contribution in [0, 0.1) is 28.6 Å². The van der Waals surface area contributed by atoms with E-state index in [1.165, 1.54) is 0 Å². The Hall–Kier alpha value is -0.670. The molecule has 0 heterocycles. The lowest BCUT2D eigenvalue weighted by Crippen LogP contribution is -2.46. The summed E-state index contributed by atoms with van der Waals surface area (Å²) in [4.78, 5) is 26.5. The van der Waals surface area contributed by atoms with Gasteiger partial charge in [0, 0.05) is 6.54 Å². The van der Waals surface area contributed by atoms with Gasteiger partial charge in [-0.2, -0.15) is 0 Å². The topological polar surface area (TPSA) is 66.8 Å². The number of nitrogens with zero attached hydrogens (tertiary/aromatic N) is 1. The molecule has 0 bridgehead atoms. The Kier molecular flexibility index (Phi) is 10.3. The number of ether oxygens (including phenoxy) is 1. The molecule has 0 aromatic rings. The van der Waals surface area contributed by atoms with Gasteiger partial charge in [-0.1, -0.05) is 41.5 Å².